The van der Waals surface area contributed by atoms with E-state index in [0.29, 0.717) is 0 Å². The van der Waals surface area contributed by atoms with E-state index in [1.807, 2.05) is 25.8 Å². The van der Waals surface area contributed by atoms with Crippen LogP contribution in [0.15, 0.2) is 0 Å². The van der Waals surface area contributed by atoms with E-state index >= 15 is 0 Å². The van der Waals surface area contributed by atoms with Crippen molar-refractivity contribution in [2.45, 2.75) is 39.7 Å². The fourth-order valence-corrected chi connectivity index (χ4v) is 3.58. The molecule has 20 heavy (non-hydrogen) atoms. The van der Waals surface area contributed by atoms with Gasteiger partial charge in [0.05, 0.1) is 11.8 Å². The van der Waals surface area contributed by atoms with Gasteiger partial charge in [-0.05, 0) is 24.8 Å². The van der Waals surface area contributed by atoms with Crippen LogP contribution in [0.1, 0.15) is 33.6 Å². The van der Waals surface area contributed by atoms with Crippen molar-refractivity contribution in [2.75, 3.05) is 26.7 Å². The minimum absolute atomic E-state index is 0.0114. The van der Waals surface area contributed by atoms with Crippen LogP contribution in [0.5, 0.6) is 0 Å². The van der Waals surface area contributed by atoms with E-state index in [9.17, 15) is 14.7 Å². The number of aliphatic carboxylic acids is 1. The third-order valence-electron chi connectivity index (χ3n) is 5.26. The van der Waals surface area contributed by atoms with Gasteiger partial charge in [0.2, 0.25) is 5.91 Å². The number of carboxylic acids is 1. The number of likely N-dealkylation sites (tertiary alicyclic amines) is 1. The molecule has 0 spiro atoms. The van der Waals surface area contributed by atoms with Crippen molar-refractivity contribution in [2.24, 2.45) is 17.3 Å². The molecule has 1 aliphatic carbocycles. The maximum Gasteiger partial charge on any atom is 0.307 e. The number of carboxylic acid groups (broad SMARTS) is 1. The Kier molecular flexibility index (Phi) is 4.09. The van der Waals surface area contributed by atoms with E-state index in [4.69, 9.17) is 0 Å². The van der Waals surface area contributed by atoms with Crippen LogP contribution in [0.25, 0.3) is 0 Å². The van der Waals surface area contributed by atoms with Crippen LogP contribution in [0.4, 0.5) is 0 Å². The Labute approximate surface area is 120 Å². The second kappa shape index (κ2) is 5.35. The average molecular weight is 282 g/mol. The van der Waals surface area contributed by atoms with Crippen LogP contribution >= 0.6 is 0 Å². The highest BCUT2D eigenvalue weighted by atomic mass is 16.4. The molecule has 2 fully saturated rings. The zero-order chi connectivity index (χ0) is 15.1. The van der Waals surface area contributed by atoms with E-state index in [1.54, 1.807) is 0 Å². The molecule has 0 aromatic carbocycles. The van der Waals surface area contributed by atoms with E-state index in [-0.39, 0.29) is 17.9 Å². The molecule has 0 bridgehead atoms. The first-order valence-corrected chi connectivity index (χ1v) is 7.52. The Hall–Kier alpha value is -1.10. The molecule has 0 aromatic rings. The highest BCUT2D eigenvalue weighted by molar-refractivity contribution is 5.91. The zero-order valence-electron chi connectivity index (χ0n) is 12.9. The Morgan fingerprint density at radius 2 is 1.80 bits per heavy atom. The predicted molar refractivity (Wildman–Crippen MR) is 76.3 cm³/mol. The second-order valence-electron chi connectivity index (χ2n) is 6.73. The quantitative estimate of drug-likeness (QED) is 0.844. The summed E-state index contributed by atoms with van der Waals surface area (Å²) in [6, 6.07) is 0.260. The fraction of sp³-hybridized carbons (Fsp3) is 0.867. The first-order chi connectivity index (χ1) is 9.30. The van der Waals surface area contributed by atoms with Crippen molar-refractivity contribution < 1.29 is 14.7 Å². The minimum atomic E-state index is -0.845. The average Bonchev–Trinajstić information content (AvgIpc) is 3.00. The van der Waals surface area contributed by atoms with E-state index in [1.165, 1.54) is 0 Å². The van der Waals surface area contributed by atoms with Crippen LogP contribution < -0.4 is 0 Å². The van der Waals surface area contributed by atoms with Gasteiger partial charge in [-0.3, -0.25) is 9.59 Å². The van der Waals surface area contributed by atoms with Crippen molar-refractivity contribution in [1.29, 1.82) is 0 Å². The molecule has 2 unspecified atom stereocenters. The van der Waals surface area contributed by atoms with Gasteiger partial charge in [-0.25, -0.2) is 0 Å². The molecule has 1 N–H and O–H groups in total. The summed E-state index contributed by atoms with van der Waals surface area (Å²) in [5.74, 6) is -1.71. The molecular formula is C15H26N2O3. The normalized spacial score (nSPS) is 30.0. The molecule has 1 aliphatic heterocycles. The maximum absolute atomic E-state index is 12.5. The molecule has 5 heteroatoms. The third-order valence-corrected chi connectivity index (χ3v) is 5.26. The van der Waals surface area contributed by atoms with Crippen LogP contribution in [-0.2, 0) is 9.59 Å². The molecule has 1 heterocycles. The van der Waals surface area contributed by atoms with Gasteiger partial charge in [0, 0.05) is 26.2 Å². The molecule has 1 saturated carbocycles. The summed E-state index contributed by atoms with van der Waals surface area (Å²) in [6.45, 7) is 9.01. The smallest absolute Gasteiger partial charge is 0.307 e. The molecular weight excluding hydrogens is 256 g/mol. The van der Waals surface area contributed by atoms with Gasteiger partial charge in [-0.1, -0.05) is 20.8 Å². The number of rotatable bonds is 4. The van der Waals surface area contributed by atoms with Crippen molar-refractivity contribution in [1.82, 2.24) is 9.80 Å². The molecule has 2 aliphatic rings. The lowest BCUT2D eigenvalue weighted by Crippen LogP contribution is -2.46. The molecule has 114 valence electrons. The van der Waals surface area contributed by atoms with Crippen molar-refractivity contribution in [3.05, 3.63) is 0 Å². The first kappa shape index (κ1) is 15.3. The van der Waals surface area contributed by atoms with Gasteiger partial charge in [0.25, 0.3) is 0 Å². The summed E-state index contributed by atoms with van der Waals surface area (Å²) in [7, 11) is 1.84. The number of hydrogen-bond donors (Lipinski definition) is 1. The summed E-state index contributed by atoms with van der Waals surface area (Å²) in [6.07, 6.45) is 1.97. The van der Waals surface area contributed by atoms with Gasteiger partial charge < -0.3 is 14.9 Å². The van der Waals surface area contributed by atoms with Crippen LogP contribution in [-0.4, -0.2) is 59.5 Å². The number of nitrogens with zero attached hydrogens (tertiary/aromatic N) is 2. The van der Waals surface area contributed by atoms with Gasteiger partial charge in [0.15, 0.2) is 0 Å². The van der Waals surface area contributed by atoms with Gasteiger partial charge in [-0.15, -0.1) is 0 Å². The Bertz CT molecular complexity index is 400. The maximum atomic E-state index is 12.5. The monoisotopic (exact) mass is 282 g/mol. The second-order valence-corrected chi connectivity index (χ2v) is 6.73. The molecule has 2 atom stereocenters. The largest absolute Gasteiger partial charge is 0.481 e. The van der Waals surface area contributed by atoms with Gasteiger partial charge in [0.1, 0.15) is 0 Å². The molecule has 2 rings (SSSR count). The lowest BCUT2D eigenvalue weighted by atomic mass is 10.0. The topological polar surface area (TPSA) is 60.9 Å². The SMILES string of the molecule is CCN1CCC(N(C)C(=O)C2C(C(=O)O)C2(C)C)CC1. The molecule has 0 radical (unpaired) electrons. The van der Waals surface area contributed by atoms with Crippen LogP contribution in [0.3, 0.4) is 0 Å². The van der Waals surface area contributed by atoms with E-state index < -0.39 is 17.3 Å². The Morgan fingerprint density at radius 3 is 2.20 bits per heavy atom. The van der Waals surface area contributed by atoms with Crippen molar-refractivity contribution in [3.8, 4) is 0 Å². The number of carbonyl (C=O) groups is 2. The predicted octanol–water partition coefficient (Wildman–Crippen LogP) is 1.29. The van der Waals surface area contributed by atoms with Gasteiger partial charge >= 0.3 is 5.97 Å². The fourth-order valence-electron chi connectivity index (χ4n) is 3.58. The van der Waals surface area contributed by atoms with Crippen molar-refractivity contribution in [3.63, 3.8) is 0 Å². The summed E-state index contributed by atoms with van der Waals surface area (Å²) >= 11 is 0. The van der Waals surface area contributed by atoms with E-state index in [2.05, 4.69) is 11.8 Å². The molecule has 1 amide bonds. The standard InChI is InChI=1S/C15H26N2O3/c1-5-17-8-6-10(7-9-17)16(4)13(18)11-12(14(19)20)15(11,2)3/h10-12H,5-9H2,1-4H3,(H,19,20). The summed E-state index contributed by atoms with van der Waals surface area (Å²) in [5, 5.41) is 9.19. The Morgan fingerprint density at radius 1 is 1.25 bits per heavy atom. The number of carbonyl (C=O) groups excluding carboxylic acids is 1. The molecule has 0 aromatic heterocycles. The highest BCUT2D eigenvalue weighted by Gasteiger charge is 2.66. The first-order valence-electron chi connectivity index (χ1n) is 7.52. The molecule has 1 saturated heterocycles. The summed E-state index contributed by atoms with van der Waals surface area (Å²) in [5.41, 5.74) is -0.401. The van der Waals surface area contributed by atoms with Gasteiger partial charge in [-0.2, -0.15) is 0 Å². The minimum Gasteiger partial charge on any atom is -0.481 e. The Balaban J connectivity index is 1.95. The van der Waals surface area contributed by atoms with Crippen LogP contribution in [0, 0.1) is 17.3 Å². The van der Waals surface area contributed by atoms with Crippen molar-refractivity contribution >= 4 is 11.9 Å². The molecule has 5 nitrogen and oxygen atoms in total. The zero-order valence-corrected chi connectivity index (χ0v) is 12.9. The summed E-state index contributed by atoms with van der Waals surface area (Å²) in [4.78, 5) is 27.9. The summed E-state index contributed by atoms with van der Waals surface area (Å²) < 4.78 is 0. The number of amides is 1. The van der Waals surface area contributed by atoms with E-state index in [0.717, 1.165) is 32.5 Å². The number of hydrogen-bond acceptors (Lipinski definition) is 3. The lowest BCUT2D eigenvalue weighted by Gasteiger charge is -2.36. The number of piperidine rings is 1. The highest BCUT2D eigenvalue weighted by Crippen LogP contribution is 2.59. The third kappa shape index (κ3) is 2.55. The lowest BCUT2D eigenvalue weighted by molar-refractivity contribution is -0.142. The van der Waals surface area contributed by atoms with Crippen LogP contribution in [0.2, 0.25) is 0 Å².